The Kier molecular flexibility index (Phi) is 6.16. The van der Waals surface area contributed by atoms with Gasteiger partial charge in [0.05, 0.1) is 0 Å². The van der Waals surface area contributed by atoms with Crippen molar-refractivity contribution in [3.8, 4) is 0 Å². The van der Waals surface area contributed by atoms with Gasteiger partial charge in [-0.25, -0.2) is 4.98 Å². The molecule has 16 heavy (non-hydrogen) atoms. The Morgan fingerprint density at radius 3 is 2.81 bits per heavy atom. The van der Waals surface area contributed by atoms with Crippen molar-refractivity contribution in [3.05, 3.63) is 18.2 Å². The fourth-order valence-electron chi connectivity index (χ4n) is 2.05. The van der Waals surface area contributed by atoms with E-state index in [4.69, 9.17) is 5.73 Å². The number of imidazole rings is 1. The summed E-state index contributed by atoms with van der Waals surface area (Å²) in [4.78, 5) is 4.40. The molecule has 0 saturated carbocycles. The van der Waals surface area contributed by atoms with Crippen LogP contribution >= 0.6 is 0 Å². The quantitative estimate of drug-likeness (QED) is 0.736. The highest BCUT2D eigenvalue weighted by Crippen LogP contribution is 2.08. The van der Waals surface area contributed by atoms with Crippen LogP contribution in [0.3, 0.4) is 0 Å². The largest absolute Gasteiger partial charge is 0.335 e. The highest BCUT2D eigenvalue weighted by Gasteiger charge is 2.04. The summed E-state index contributed by atoms with van der Waals surface area (Å²) in [5, 5.41) is 0. The smallest absolute Gasteiger partial charge is 0.108 e. The van der Waals surface area contributed by atoms with Gasteiger partial charge in [-0.3, -0.25) is 0 Å². The minimum absolute atomic E-state index is 0.375. The Balaban J connectivity index is 2.28. The molecule has 1 aromatic rings. The van der Waals surface area contributed by atoms with Gasteiger partial charge in [-0.15, -0.1) is 0 Å². The molecule has 3 heteroatoms. The molecule has 1 atom stereocenters. The van der Waals surface area contributed by atoms with Crippen molar-refractivity contribution in [2.24, 2.45) is 5.73 Å². The van der Waals surface area contributed by atoms with Crippen molar-refractivity contribution in [1.82, 2.24) is 9.55 Å². The van der Waals surface area contributed by atoms with Crippen LogP contribution in [0.5, 0.6) is 0 Å². The highest BCUT2D eigenvalue weighted by atomic mass is 15.1. The number of rotatable bonds is 8. The SMILES string of the molecule is CCCC(N)CCCc1nccn1CCC. The average molecular weight is 223 g/mol. The number of hydrogen-bond acceptors (Lipinski definition) is 2. The first kappa shape index (κ1) is 13.2. The number of nitrogens with zero attached hydrogens (tertiary/aromatic N) is 2. The summed E-state index contributed by atoms with van der Waals surface area (Å²) in [6.45, 7) is 5.46. The van der Waals surface area contributed by atoms with E-state index in [1.165, 1.54) is 18.7 Å². The molecule has 1 aromatic heterocycles. The maximum atomic E-state index is 5.99. The van der Waals surface area contributed by atoms with E-state index < -0.39 is 0 Å². The average Bonchev–Trinajstić information content (AvgIpc) is 2.67. The zero-order valence-electron chi connectivity index (χ0n) is 10.7. The summed E-state index contributed by atoms with van der Waals surface area (Å²) < 4.78 is 2.26. The van der Waals surface area contributed by atoms with E-state index in [-0.39, 0.29) is 0 Å². The van der Waals surface area contributed by atoms with Crippen LogP contribution in [-0.4, -0.2) is 15.6 Å². The Morgan fingerprint density at radius 2 is 2.12 bits per heavy atom. The van der Waals surface area contributed by atoms with Crippen molar-refractivity contribution in [1.29, 1.82) is 0 Å². The van der Waals surface area contributed by atoms with E-state index in [0.717, 1.165) is 32.2 Å². The molecule has 0 radical (unpaired) electrons. The molecule has 92 valence electrons. The van der Waals surface area contributed by atoms with Crippen molar-refractivity contribution < 1.29 is 0 Å². The first-order valence-electron chi connectivity index (χ1n) is 6.53. The van der Waals surface area contributed by atoms with Crippen LogP contribution in [0.4, 0.5) is 0 Å². The molecule has 0 fully saturated rings. The van der Waals surface area contributed by atoms with Crippen LogP contribution in [0.15, 0.2) is 12.4 Å². The summed E-state index contributed by atoms with van der Waals surface area (Å²) in [5.74, 6) is 1.21. The van der Waals surface area contributed by atoms with Crippen molar-refractivity contribution in [2.45, 2.75) is 65.0 Å². The van der Waals surface area contributed by atoms with Crippen LogP contribution in [0.2, 0.25) is 0 Å². The Bertz CT molecular complexity index is 280. The fourth-order valence-corrected chi connectivity index (χ4v) is 2.05. The molecule has 0 bridgehead atoms. The Morgan fingerprint density at radius 1 is 1.31 bits per heavy atom. The van der Waals surface area contributed by atoms with E-state index in [1.807, 2.05) is 6.20 Å². The maximum Gasteiger partial charge on any atom is 0.108 e. The number of nitrogens with two attached hydrogens (primary N) is 1. The molecule has 0 amide bonds. The molecule has 0 saturated heterocycles. The third kappa shape index (κ3) is 4.35. The number of aryl methyl sites for hydroxylation is 2. The molecule has 1 unspecified atom stereocenters. The molecule has 1 rings (SSSR count). The highest BCUT2D eigenvalue weighted by molar-refractivity contribution is 4.92. The van der Waals surface area contributed by atoms with Crippen LogP contribution in [0, 0.1) is 0 Å². The Hall–Kier alpha value is -0.830. The van der Waals surface area contributed by atoms with Crippen LogP contribution < -0.4 is 5.73 Å². The molecule has 3 nitrogen and oxygen atoms in total. The summed E-state index contributed by atoms with van der Waals surface area (Å²) in [6.07, 6.45) is 10.8. The van der Waals surface area contributed by atoms with Gasteiger partial charge >= 0.3 is 0 Å². The molecule has 0 aromatic carbocycles. The third-order valence-electron chi connectivity index (χ3n) is 2.90. The predicted octanol–water partition coefficient (Wildman–Crippen LogP) is 2.74. The Labute approximate surface area is 99.1 Å². The second-order valence-electron chi connectivity index (χ2n) is 4.48. The van der Waals surface area contributed by atoms with Gasteiger partial charge in [0.2, 0.25) is 0 Å². The van der Waals surface area contributed by atoms with E-state index in [0.29, 0.717) is 6.04 Å². The van der Waals surface area contributed by atoms with Gasteiger partial charge in [0, 0.05) is 31.4 Å². The zero-order chi connectivity index (χ0) is 11.8. The van der Waals surface area contributed by atoms with Crippen LogP contribution in [-0.2, 0) is 13.0 Å². The van der Waals surface area contributed by atoms with Crippen molar-refractivity contribution in [3.63, 3.8) is 0 Å². The van der Waals surface area contributed by atoms with Gasteiger partial charge in [0.1, 0.15) is 5.82 Å². The number of hydrogen-bond donors (Lipinski definition) is 1. The van der Waals surface area contributed by atoms with Crippen LogP contribution in [0.1, 0.15) is 51.8 Å². The number of aromatic nitrogens is 2. The standard InChI is InChI=1S/C13H25N3/c1-3-6-12(14)7-5-8-13-15-9-11-16(13)10-4-2/h9,11-12H,3-8,10,14H2,1-2H3. The van der Waals surface area contributed by atoms with E-state index in [9.17, 15) is 0 Å². The van der Waals surface area contributed by atoms with Gasteiger partial charge in [-0.2, -0.15) is 0 Å². The molecule has 1 heterocycles. The first-order valence-corrected chi connectivity index (χ1v) is 6.53. The molecule has 0 aliphatic rings. The molecular formula is C13H25N3. The third-order valence-corrected chi connectivity index (χ3v) is 2.90. The van der Waals surface area contributed by atoms with E-state index in [2.05, 4.69) is 29.6 Å². The minimum Gasteiger partial charge on any atom is -0.335 e. The van der Waals surface area contributed by atoms with E-state index in [1.54, 1.807) is 0 Å². The minimum atomic E-state index is 0.375. The monoisotopic (exact) mass is 223 g/mol. The van der Waals surface area contributed by atoms with Gasteiger partial charge in [0.25, 0.3) is 0 Å². The molecular weight excluding hydrogens is 198 g/mol. The topological polar surface area (TPSA) is 43.8 Å². The van der Waals surface area contributed by atoms with Crippen LogP contribution in [0.25, 0.3) is 0 Å². The summed E-state index contributed by atoms with van der Waals surface area (Å²) in [7, 11) is 0. The molecule has 0 spiro atoms. The van der Waals surface area contributed by atoms with Gasteiger partial charge < -0.3 is 10.3 Å². The lowest BCUT2D eigenvalue weighted by molar-refractivity contribution is 0.526. The normalized spacial score (nSPS) is 12.9. The first-order chi connectivity index (χ1) is 7.77. The van der Waals surface area contributed by atoms with Gasteiger partial charge in [0.15, 0.2) is 0 Å². The maximum absolute atomic E-state index is 5.99. The van der Waals surface area contributed by atoms with Crippen molar-refractivity contribution in [2.75, 3.05) is 0 Å². The lowest BCUT2D eigenvalue weighted by Gasteiger charge is -2.10. The van der Waals surface area contributed by atoms with Crippen molar-refractivity contribution >= 4 is 0 Å². The molecule has 0 aliphatic heterocycles. The summed E-state index contributed by atoms with van der Waals surface area (Å²) in [5.41, 5.74) is 5.99. The second-order valence-corrected chi connectivity index (χ2v) is 4.48. The lowest BCUT2D eigenvalue weighted by Crippen LogP contribution is -2.19. The summed E-state index contributed by atoms with van der Waals surface area (Å²) >= 11 is 0. The molecule has 2 N–H and O–H groups in total. The van der Waals surface area contributed by atoms with E-state index >= 15 is 0 Å². The summed E-state index contributed by atoms with van der Waals surface area (Å²) in [6, 6.07) is 0.375. The fraction of sp³-hybridized carbons (Fsp3) is 0.769. The predicted molar refractivity (Wildman–Crippen MR) is 68.3 cm³/mol. The lowest BCUT2D eigenvalue weighted by atomic mass is 10.1. The van der Waals surface area contributed by atoms with Gasteiger partial charge in [-0.1, -0.05) is 20.3 Å². The zero-order valence-corrected chi connectivity index (χ0v) is 10.7. The van der Waals surface area contributed by atoms with Gasteiger partial charge in [-0.05, 0) is 25.7 Å². The second kappa shape index (κ2) is 7.44. The molecule has 0 aliphatic carbocycles.